The predicted molar refractivity (Wildman–Crippen MR) is 76.7 cm³/mol. The van der Waals surface area contributed by atoms with Crippen LogP contribution in [-0.4, -0.2) is 40.3 Å². The molecule has 2 unspecified atom stereocenters. The van der Waals surface area contributed by atoms with Crippen LogP contribution in [0.1, 0.15) is 13.3 Å². The van der Waals surface area contributed by atoms with Crippen LogP contribution in [0.15, 0.2) is 33.5 Å². The Kier molecular flexibility index (Phi) is 3.63. The second kappa shape index (κ2) is 5.42. The Hall–Kier alpha value is -1.59. The van der Waals surface area contributed by atoms with E-state index in [-0.39, 0.29) is 11.9 Å². The largest absolute Gasteiger partial charge is 0.419 e. The molecule has 0 spiro atoms. The molecule has 1 saturated heterocycles. The van der Waals surface area contributed by atoms with Crippen molar-refractivity contribution in [3.63, 3.8) is 0 Å². The number of aliphatic hydroxyl groups excluding tert-OH is 1. The number of aromatic nitrogens is 1. The van der Waals surface area contributed by atoms with Crippen molar-refractivity contribution in [2.24, 2.45) is 5.92 Å². The van der Waals surface area contributed by atoms with Gasteiger partial charge in [0.1, 0.15) is 0 Å². The summed E-state index contributed by atoms with van der Waals surface area (Å²) in [4.78, 5) is 14.2. The fraction of sp³-hybridized carbons (Fsp3) is 0.533. The number of oxazole rings is 1. The molecule has 1 aromatic carbocycles. The number of hydrogen-bond acceptors (Lipinski definition) is 4. The Morgan fingerprint density at radius 2 is 2.20 bits per heavy atom. The second-order valence-electron chi connectivity index (χ2n) is 5.58. The smallest absolute Gasteiger partial charge is 0.408 e. The van der Waals surface area contributed by atoms with E-state index in [2.05, 4.69) is 4.90 Å². The Bertz CT molecular complexity index is 644. The van der Waals surface area contributed by atoms with Crippen LogP contribution in [0.25, 0.3) is 11.1 Å². The maximum atomic E-state index is 11.9. The van der Waals surface area contributed by atoms with E-state index in [0.29, 0.717) is 18.0 Å². The average Bonchev–Trinajstić information content (AvgIpc) is 3.00. The van der Waals surface area contributed by atoms with Crippen LogP contribution in [0.4, 0.5) is 0 Å². The summed E-state index contributed by atoms with van der Waals surface area (Å²) >= 11 is 0. The third kappa shape index (κ3) is 2.51. The molecule has 1 aromatic heterocycles. The van der Waals surface area contributed by atoms with Crippen molar-refractivity contribution < 1.29 is 9.52 Å². The van der Waals surface area contributed by atoms with Crippen LogP contribution in [-0.2, 0) is 6.54 Å². The van der Waals surface area contributed by atoms with Crippen molar-refractivity contribution in [1.82, 2.24) is 9.47 Å². The quantitative estimate of drug-likeness (QED) is 0.914. The number of aliphatic hydroxyl groups is 1. The predicted octanol–water partition coefficient (Wildman–Crippen LogP) is 1.30. The highest BCUT2D eigenvalue weighted by molar-refractivity contribution is 5.72. The third-order valence-electron chi connectivity index (χ3n) is 4.20. The van der Waals surface area contributed by atoms with Gasteiger partial charge in [-0.2, -0.15) is 0 Å². The summed E-state index contributed by atoms with van der Waals surface area (Å²) in [5.41, 5.74) is 1.49. The molecule has 108 valence electrons. The molecule has 0 bridgehead atoms. The number of rotatable bonds is 4. The van der Waals surface area contributed by atoms with Crippen molar-refractivity contribution in [3.05, 3.63) is 34.8 Å². The molecule has 2 heterocycles. The molecular formula is C15H20N2O3. The number of nitrogens with zero attached hydrogens (tertiary/aromatic N) is 2. The summed E-state index contributed by atoms with van der Waals surface area (Å²) in [6, 6.07) is 7.49. The highest BCUT2D eigenvalue weighted by Crippen LogP contribution is 2.19. The second-order valence-corrected chi connectivity index (χ2v) is 5.58. The first kappa shape index (κ1) is 13.4. The Morgan fingerprint density at radius 1 is 1.40 bits per heavy atom. The third-order valence-corrected chi connectivity index (χ3v) is 4.20. The van der Waals surface area contributed by atoms with E-state index >= 15 is 0 Å². The van der Waals surface area contributed by atoms with E-state index in [4.69, 9.17) is 4.42 Å². The van der Waals surface area contributed by atoms with Crippen LogP contribution >= 0.6 is 0 Å². The van der Waals surface area contributed by atoms with Gasteiger partial charge in [0.25, 0.3) is 0 Å². The number of hydrogen-bond donors (Lipinski definition) is 1. The first-order chi connectivity index (χ1) is 9.65. The molecule has 0 amide bonds. The molecular weight excluding hydrogens is 256 g/mol. The monoisotopic (exact) mass is 276 g/mol. The van der Waals surface area contributed by atoms with Gasteiger partial charge in [-0.1, -0.05) is 12.1 Å². The van der Waals surface area contributed by atoms with Crippen LogP contribution in [0, 0.1) is 5.92 Å². The zero-order chi connectivity index (χ0) is 14.1. The molecule has 5 nitrogen and oxygen atoms in total. The van der Waals surface area contributed by atoms with Crippen molar-refractivity contribution in [2.75, 3.05) is 19.6 Å². The minimum atomic E-state index is -0.294. The van der Waals surface area contributed by atoms with Gasteiger partial charge in [0, 0.05) is 19.6 Å². The lowest BCUT2D eigenvalue weighted by atomic mass is 10.0. The van der Waals surface area contributed by atoms with Gasteiger partial charge in [0.2, 0.25) is 0 Å². The van der Waals surface area contributed by atoms with E-state index in [0.717, 1.165) is 31.6 Å². The fourth-order valence-electron chi connectivity index (χ4n) is 2.93. The van der Waals surface area contributed by atoms with Gasteiger partial charge in [-0.15, -0.1) is 0 Å². The maximum absolute atomic E-state index is 11.9. The zero-order valence-corrected chi connectivity index (χ0v) is 11.7. The first-order valence-electron chi connectivity index (χ1n) is 7.14. The molecule has 20 heavy (non-hydrogen) atoms. The molecule has 2 atom stereocenters. The SMILES string of the molecule is CC(O)C1CCN(CCn2c(=O)oc3ccccc32)C1. The van der Waals surface area contributed by atoms with Gasteiger partial charge in [-0.25, -0.2) is 4.79 Å². The molecule has 0 radical (unpaired) electrons. The van der Waals surface area contributed by atoms with Gasteiger partial charge >= 0.3 is 5.76 Å². The summed E-state index contributed by atoms with van der Waals surface area (Å²) in [7, 11) is 0. The molecule has 0 saturated carbocycles. The summed E-state index contributed by atoms with van der Waals surface area (Å²) in [6.45, 7) is 5.18. The fourth-order valence-corrected chi connectivity index (χ4v) is 2.93. The molecule has 1 fully saturated rings. The molecule has 1 aliphatic rings. The molecule has 2 aromatic rings. The highest BCUT2D eigenvalue weighted by Gasteiger charge is 2.25. The summed E-state index contributed by atoms with van der Waals surface area (Å²) in [5.74, 6) is 0.0605. The molecule has 1 N–H and O–H groups in total. The molecule has 0 aliphatic carbocycles. The van der Waals surface area contributed by atoms with Crippen LogP contribution in [0.5, 0.6) is 0 Å². The van der Waals surface area contributed by atoms with Gasteiger partial charge in [-0.05, 0) is 37.9 Å². The lowest BCUT2D eigenvalue weighted by Crippen LogP contribution is -2.29. The van der Waals surface area contributed by atoms with Gasteiger partial charge in [0.15, 0.2) is 5.58 Å². The van der Waals surface area contributed by atoms with Gasteiger partial charge in [-0.3, -0.25) is 4.57 Å². The minimum absolute atomic E-state index is 0.252. The van der Waals surface area contributed by atoms with Crippen molar-refractivity contribution >= 4 is 11.1 Å². The van der Waals surface area contributed by atoms with E-state index in [1.165, 1.54) is 0 Å². The zero-order valence-electron chi connectivity index (χ0n) is 11.7. The van der Waals surface area contributed by atoms with Crippen LogP contribution in [0.3, 0.4) is 0 Å². The standard InChI is InChI=1S/C15H20N2O3/c1-11(18)12-6-7-16(10-12)8-9-17-13-4-2-3-5-14(13)20-15(17)19/h2-5,11-12,18H,6-10H2,1H3. The topological polar surface area (TPSA) is 58.6 Å². The lowest BCUT2D eigenvalue weighted by molar-refractivity contribution is 0.127. The van der Waals surface area contributed by atoms with Gasteiger partial charge in [0.05, 0.1) is 11.6 Å². The highest BCUT2D eigenvalue weighted by atomic mass is 16.4. The first-order valence-corrected chi connectivity index (χ1v) is 7.14. The van der Waals surface area contributed by atoms with Crippen molar-refractivity contribution in [2.45, 2.75) is 26.0 Å². The van der Waals surface area contributed by atoms with E-state index in [1.54, 1.807) is 4.57 Å². The van der Waals surface area contributed by atoms with Crippen LogP contribution < -0.4 is 5.76 Å². The average molecular weight is 276 g/mol. The minimum Gasteiger partial charge on any atom is -0.408 e. The van der Waals surface area contributed by atoms with Crippen molar-refractivity contribution in [1.29, 1.82) is 0 Å². The number of benzene rings is 1. The number of fused-ring (bicyclic) bond motifs is 1. The summed E-state index contributed by atoms with van der Waals surface area (Å²) in [5, 5.41) is 9.61. The van der Waals surface area contributed by atoms with E-state index < -0.39 is 0 Å². The van der Waals surface area contributed by atoms with Crippen LogP contribution in [0.2, 0.25) is 0 Å². The molecule has 3 rings (SSSR count). The Balaban J connectivity index is 1.69. The molecule has 5 heteroatoms. The normalized spacial score (nSPS) is 21.6. The Labute approximate surface area is 117 Å². The number of likely N-dealkylation sites (tertiary alicyclic amines) is 1. The van der Waals surface area contributed by atoms with E-state index in [1.807, 2.05) is 31.2 Å². The van der Waals surface area contributed by atoms with Gasteiger partial charge < -0.3 is 14.4 Å². The molecule has 1 aliphatic heterocycles. The van der Waals surface area contributed by atoms with Crippen molar-refractivity contribution in [3.8, 4) is 0 Å². The maximum Gasteiger partial charge on any atom is 0.419 e. The summed E-state index contributed by atoms with van der Waals surface area (Å²) < 4.78 is 6.91. The lowest BCUT2D eigenvalue weighted by Gasteiger charge is -2.17. The Morgan fingerprint density at radius 3 is 2.95 bits per heavy atom. The summed E-state index contributed by atoms with van der Waals surface area (Å²) in [6.07, 6.45) is 0.774. The van der Waals surface area contributed by atoms with E-state index in [9.17, 15) is 9.90 Å². The number of para-hydroxylation sites is 2.